The average molecular weight is 462 g/mol. The molecule has 0 saturated carbocycles. The van der Waals surface area contributed by atoms with Gasteiger partial charge in [0, 0.05) is 18.7 Å². The summed E-state index contributed by atoms with van der Waals surface area (Å²) in [6.45, 7) is 6.29. The van der Waals surface area contributed by atoms with Gasteiger partial charge in [-0.25, -0.2) is 8.42 Å². The van der Waals surface area contributed by atoms with Crippen molar-refractivity contribution in [2.24, 2.45) is 5.92 Å². The van der Waals surface area contributed by atoms with Crippen LogP contribution < -0.4 is 15.4 Å². The molecule has 1 atom stereocenters. The van der Waals surface area contributed by atoms with Crippen LogP contribution in [0.15, 0.2) is 53.4 Å². The van der Waals surface area contributed by atoms with E-state index in [0.29, 0.717) is 24.9 Å². The van der Waals surface area contributed by atoms with E-state index in [1.807, 2.05) is 20.8 Å². The van der Waals surface area contributed by atoms with Crippen molar-refractivity contribution in [2.45, 2.75) is 44.6 Å². The molecule has 2 rings (SSSR count). The first-order valence-corrected chi connectivity index (χ1v) is 12.0. The van der Waals surface area contributed by atoms with Crippen molar-refractivity contribution in [3.63, 3.8) is 0 Å². The Morgan fingerprint density at radius 1 is 1.00 bits per heavy atom. The normalized spacial score (nSPS) is 12.4. The number of hydrogen-bond donors (Lipinski definition) is 4. The van der Waals surface area contributed by atoms with Gasteiger partial charge in [0.15, 0.2) is 0 Å². The lowest BCUT2D eigenvalue weighted by Crippen LogP contribution is -2.47. The van der Waals surface area contributed by atoms with Gasteiger partial charge in [-0.05, 0) is 56.0 Å². The molecule has 2 aromatic carbocycles. The van der Waals surface area contributed by atoms with Crippen LogP contribution >= 0.6 is 0 Å². The number of sulfonamides is 1. The molecule has 0 saturated heterocycles. The van der Waals surface area contributed by atoms with Crippen LogP contribution in [0, 0.1) is 12.8 Å². The number of phenols is 1. The summed E-state index contributed by atoms with van der Waals surface area (Å²) in [5, 5.41) is 14.9. The Hall–Kier alpha value is -2.91. The molecule has 0 heterocycles. The summed E-state index contributed by atoms with van der Waals surface area (Å²) in [6, 6.07) is 11.6. The van der Waals surface area contributed by atoms with Crippen molar-refractivity contribution in [1.82, 2.24) is 15.4 Å². The van der Waals surface area contributed by atoms with Gasteiger partial charge < -0.3 is 15.7 Å². The van der Waals surface area contributed by atoms with Crippen molar-refractivity contribution >= 4 is 21.8 Å². The first kappa shape index (κ1) is 25.4. The molecule has 9 heteroatoms. The lowest BCUT2D eigenvalue weighted by atomic mass is 10.0. The maximum atomic E-state index is 12.7. The monoisotopic (exact) mass is 461 g/mol. The van der Waals surface area contributed by atoms with E-state index in [4.69, 9.17) is 0 Å². The van der Waals surface area contributed by atoms with Crippen LogP contribution in [0.1, 0.15) is 42.6 Å². The number of amides is 2. The maximum absolute atomic E-state index is 12.7. The molecule has 32 heavy (non-hydrogen) atoms. The highest BCUT2D eigenvalue weighted by Crippen LogP contribution is 2.14. The summed E-state index contributed by atoms with van der Waals surface area (Å²) in [5.41, 5.74) is 1.29. The van der Waals surface area contributed by atoms with Gasteiger partial charge in [-0.2, -0.15) is 4.72 Å². The summed E-state index contributed by atoms with van der Waals surface area (Å²) >= 11 is 0. The van der Waals surface area contributed by atoms with Crippen LogP contribution in [0.4, 0.5) is 0 Å². The summed E-state index contributed by atoms with van der Waals surface area (Å²) in [4.78, 5) is 24.8. The van der Waals surface area contributed by atoms with E-state index in [0.717, 1.165) is 5.56 Å². The second-order valence-electron chi connectivity index (χ2n) is 8.07. The van der Waals surface area contributed by atoms with Gasteiger partial charge in [-0.1, -0.05) is 37.6 Å². The molecule has 2 aromatic rings. The number of hydrogen-bond acceptors (Lipinski definition) is 5. The molecule has 0 fully saturated rings. The largest absolute Gasteiger partial charge is 0.508 e. The molecule has 8 nitrogen and oxygen atoms in total. The van der Waals surface area contributed by atoms with Gasteiger partial charge in [-0.15, -0.1) is 0 Å². The van der Waals surface area contributed by atoms with Gasteiger partial charge in [0.05, 0.1) is 4.90 Å². The van der Waals surface area contributed by atoms with E-state index in [9.17, 15) is 23.1 Å². The predicted octanol–water partition coefficient (Wildman–Crippen LogP) is 2.33. The third-order valence-corrected chi connectivity index (χ3v) is 6.19. The van der Waals surface area contributed by atoms with Crippen molar-refractivity contribution in [3.8, 4) is 5.75 Å². The Labute approximate surface area is 189 Å². The Morgan fingerprint density at radius 3 is 2.28 bits per heavy atom. The van der Waals surface area contributed by atoms with Gasteiger partial charge in [0.1, 0.15) is 11.8 Å². The Kier molecular flexibility index (Phi) is 9.22. The zero-order valence-corrected chi connectivity index (χ0v) is 19.4. The van der Waals surface area contributed by atoms with Gasteiger partial charge >= 0.3 is 0 Å². The second-order valence-corrected chi connectivity index (χ2v) is 9.78. The number of carbonyl (C=O) groups excluding carboxylic acids is 2. The van der Waals surface area contributed by atoms with Crippen LogP contribution in [-0.4, -0.2) is 44.5 Å². The lowest BCUT2D eigenvalue weighted by molar-refractivity contribution is -0.123. The number of carbonyl (C=O) groups is 2. The number of benzene rings is 2. The van der Waals surface area contributed by atoms with Gasteiger partial charge in [-0.3, -0.25) is 9.59 Å². The number of phenolic OH excluding ortho intramolecular Hbond substituents is 1. The van der Waals surface area contributed by atoms with Crippen LogP contribution in [0.5, 0.6) is 5.75 Å². The number of aromatic hydroxyl groups is 1. The van der Waals surface area contributed by atoms with Crippen LogP contribution in [0.3, 0.4) is 0 Å². The number of rotatable bonds is 11. The standard InChI is InChI=1S/C23H31N3O5S/c1-16(2)14-21(26-32(30,31)20-10-8-17(3)9-11-20)23(29)25-13-5-12-24-22(28)18-6-4-7-19(27)15-18/h4,6-11,15-16,21,26-27H,5,12-14H2,1-3H3,(H,24,28)(H,25,29). The van der Waals surface area contributed by atoms with E-state index in [-0.39, 0.29) is 29.0 Å². The fourth-order valence-corrected chi connectivity index (χ4v) is 4.24. The Balaban J connectivity index is 1.87. The molecule has 1 unspecified atom stereocenters. The van der Waals surface area contributed by atoms with E-state index < -0.39 is 22.0 Å². The molecular weight excluding hydrogens is 430 g/mol. The van der Waals surface area contributed by atoms with E-state index in [1.165, 1.54) is 24.3 Å². The fraction of sp³-hybridized carbons (Fsp3) is 0.391. The Morgan fingerprint density at radius 2 is 1.66 bits per heavy atom. The highest BCUT2D eigenvalue weighted by Gasteiger charge is 2.26. The van der Waals surface area contributed by atoms with Gasteiger partial charge in [0.25, 0.3) is 5.91 Å². The minimum atomic E-state index is -3.84. The molecule has 0 aliphatic rings. The quantitative estimate of drug-likeness (QED) is 0.382. The number of nitrogens with one attached hydrogen (secondary N) is 3. The van der Waals surface area contributed by atoms with Crippen LogP contribution in [-0.2, 0) is 14.8 Å². The van der Waals surface area contributed by atoms with E-state index in [1.54, 1.807) is 24.3 Å². The molecule has 0 radical (unpaired) electrons. The molecule has 4 N–H and O–H groups in total. The van der Waals surface area contributed by atoms with E-state index in [2.05, 4.69) is 15.4 Å². The lowest BCUT2D eigenvalue weighted by Gasteiger charge is -2.20. The third kappa shape index (κ3) is 7.97. The zero-order valence-electron chi connectivity index (χ0n) is 18.6. The molecule has 2 amide bonds. The predicted molar refractivity (Wildman–Crippen MR) is 123 cm³/mol. The van der Waals surface area contributed by atoms with Crippen molar-refractivity contribution < 1.29 is 23.1 Å². The maximum Gasteiger partial charge on any atom is 0.251 e. The molecular formula is C23H31N3O5S. The minimum Gasteiger partial charge on any atom is -0.508 e. The highest BCUT2D eigenvalue weighted by atomic mass is 32.2. The van der Waals surface area contributed by atoms with Crippen molar-refractivity contribution in [1.29, 1.82) is 0 Å². The first-order valence-electron chi connectivity index (χ1n) is 10.5. The smallest absolute Gasteiger partial charge is 0.251 e. The topological polar surface area (TPSA) is 125 Å². The molecule has 0 aliphatic carbocycles. The highest BCUT2D eigenvalue weighted by molar-refractivity contribution is 7.89. The number of aryl methyl sites for hydroxylation is 1. The first-order chi connectivity index (χ1) is 15.1. The summed E-state index contributed by atoms with van der Waals surface area (Å²) in [5.74, 6) is -0.619. The molecule has 0 spiro atoms. The summed E-state index contributed by atoms with van der Waals surface area (Å²) < 4.78 is 27.9. The average Bonchev–Trinajstić information content (AvgIpc) is 2.72. The zero-order chi connectivity index (χ0) is 23.7. The minimum absolute atomic E-state index is 0.00852. The second kappa shape index (κ2) is 11.6. The molecule has 0 aliphatic heterocycles. The molecule has 174 valence electrons. The van der Waals surface area contributed by atoms with Crippen molar-refractivity contribution in [3.05, 3.63) is 59.7 Å². The van der Waals surface area contributed by atoms with Gasteiger partial charge in [0.2, 0.25) is 15.9 Å². The van der Waals surface area contributed by atoms with Crippen molar-refractivity contribution in [2.75, 3.05) is 13.1 Å². The summed E-state index contributed by atoms with van der Waals surface area (Å²) in [7, 11) is -3.84. The molecule has 0 bridgehead atoms. The SMILES string of the molecule is Cc1ccc(S(=O)(=O)NC(CC(C)C)C(=O)NCCCNC(=O)c2cccc(O)c2)cc1. The van der Waals surface area contributed by atoms with Crippen LogP contribution in [0.2, 0.25) is 0 Å². The van der Waals surface area contributed by atoms with Crippen LogP contribution in [0.25, 0.3) is 0 Å². The molecule has 0 aromatic heterocycles. The third-order valence-electron chi connectivity index (χ3n) is 4.70. The van der Waals surface area contributed by atoms with E-state index >= 15 is 0 Å². The summed E-state index contributed by atoms with van der Waals surface area (Å²) in [6.07, 6.45) is 0.820. The fourth-order valence-electron chi connectivity index (χ4n) is 3.03. The Bertz CT molecular complexity index is 1020.